The lowest BCUT2D eigenvalue weighted by Crippen LogP contribution is -2.40. The fourth-order valence-corrected chi connectivity index (χ4v) is 3.02. The van der Waals surface area contributed by atoms with Crippen molar-refractivity contribution in [2.75, 3.05) is 6.61 Å². The molecule has 0 amide bonds. The average molecular weight is 361 g/mol. The first-order valence-electron chi connectivity index (χ1n) is 8.58. The molecule has 2 rings (SSSR count). The summed E-state index contributed by atoms with van der Waals surface area (Å²) in [5.41, 5.74) is 2.36. The fourth-order valence-electron chi connectivity index (χ4n) is 2.06. The van der Waals surface area contributed by atoms with Crippen LogP contribution < -0.4 is 0 Å². The lowest BCUT2D eigenvalue weighted by Gasteiger charge is -2.36. The van der Waals surface area contributed by atoms with Crippen molar-refractivity contribution in [3.05, 3.63) is 48.0 Å². The molecule has 2 aromatic rings. The summed E-state index contributed by atoms with van der Waals surface area (Å²) in [5, 5.41) is 0.184. The van der Waals surface area contributed by atoms with Gasteiger partial charge in [-0.1, -0.05) is 32.9 Å². The van der Waals surface area contributed by atoms with Gasteiger partial charge in [0.15, 0.2) is 14.0 Å². The molecule has 0 aliphatic carbocycles. The molecule has 0 spiro atoms. The van der Waals surface area contributed by atoms with Crippen LogP contribution in [0.3, 0.4) is 0 Å². The normalized spacial score (nSPS) is 12.2. The molecule has 0 saturated heterocycles. The van der Waals surface area contributed by atoms with Crippen LogP contribution in [-0.4, -0.2) is 30.4 Å². The van der Waals surface area contributed by atoms with Crippen LogP contribution in [0.15, 0.2) is 36.8 Å². The van der Waals surface area contributed by atoms with Crippen molar-refractivity contribution in [1.82, 2.24) is 9.55 Å². The van der Waals surface area contributed by atoms with Crippen LogP contribution >= 0.6 is 0 Å². The van der Waals surface area contributed by atoms with Gasteiger partial charge in [0.2, 0.25) is 0 Å². The number of rotatable bonds is 6. The standard InChI is InChI=1S/C19H28N2O3Si/c1-7-23-18(22)17-12-21(14-20-17)16-10-8-9-15(11-16)13-24-25(5,6)19(2,3)4/h8-12,14H,7,13H2,1-6H3. The highest BCUT2D eigenvalue weighted by molar-refractivity contribution is 6.74. The van der Waals surface area contributed by atoms with E-state index in [0.29, 0.717) is 18.9 Å². The summed E-state index contributed by atoms with van der Waals surface area (Å²) < 4.78 is 13.1. The molecule has 5 nitrogen and oxygen atoms in total. The Hall–Kier alpha value is -1.92. The van der Waals surface area contributed by atoms with E-state index in [1.165, 1.54) is 0 Å². The van der Waals surface area contributed by atoms with Gasteiger partial charge in [-0.2, -0.15) is 0 Å². The number of hydrogen-bond acceptors (Lipinski definition) is 4. The van der Waals surface area contributed by atoms with Crippen molar-refractivity contribution in [3.63, 3.8) is 0 Å². The molecule has 0 aliphatic heterocycles. The number of imidazole rings is 1. The fraction of sp³-hybridized carbons (Fsp3) is 0.474. The van der Waals surface area contributed by atoms with E-state index in [-0.39, 0.29) is 5.04 Å². The predicted octanol–water partition coefficient (Wildman–Crippen LogP) is 4.57. The highest BCUT2D eigenvalue weighted by Crippen LogP contribution is 2.37. The van der Waals surface area contributed by atoms with Gasteiger partial charge < -0.3 is 13.7 Å². The summed E-state index contributed by atoms with van der Waals surface area (Å²) in [6.07, 6.45) is 3.31. The van der Waals surface area contributed by atoms with E-state index >= 15 is 0 Å². The summed E-state index contributed by atoms with van der Waals surface area (Å²) in [5.74, 6) is -0.404. The smallest absolute Gasteiger partial charge is 0.358 e. The third-order valence-corrected chi connectivity index (χ3v) is 9.16. The molecule has 0 aliphatic rings. The second kappa shape index (κ2) is 7.54. The SMILES string of the molecule is CCOC(=O)c1cn(-c2cccc(CO[Si](C)(C)C(C)(C)C)c2)cn1. The minimum atomic E-state index is -1.78. The molecule has 136 valence electrons. The number of carbonyl (C=O) groups is 1. The van der Waals surface area contributed by atoms with Gasteiger partial charge >= 0.3 is 5.97 Å². The first kappa shape index (κ1) is 19.4. The van der Waals surface area contributed by atoms with E-state index in [1.54, 1.807) is 19.4 Å². The third-order valence-electron chi connectivity index (χ3n) is 4.68. The van der Waals surface area contributed by atoms with Crippen molar-refractivity contribution >= 4 is 14.3 Å². The highest BCUT2D eigenvalue weighted by atomic mass is 28.4. The molecule has 25 heavy (non-hydrogen) atoms. The lowest BCUT2D eigenvalue weighted by molar-refractivity contribution is 0.0520. The van der Waals surface area contributed by atoms with Crippen LogP contribution in [-0.2, 0) is 15.8 Å². The number of hydrogen-bond donors (Lipinski definition) is 0. The van der Waals surface area contributed by atoms with Crippen LogP contribution in [0, 0.1) is 0 Å². The zero-order chi connectivity index (χ0) is 18.7. The number of esters is 1. The predicted molar refractivity (Wildman–Crippen MR) is 102 cm³/mol. The maximum atomic E-state index is 11.7. The third kappa shape index (κ3) is 4.80. The maximum absolute atomic E-state index is 11.7. The Morgan fingerprint density at radius 3 is 2.64 bits per heavy atom. The van der Waals surface area contributed by atoms with Gasteiger partial charge in [0.1, 0.15) is 6.33 Å². The van der Waals surface area contributed by atoms with E-state index in [4.69, 9.17) is 9.16 Å². The number of ether oxygens (including phenoxy) is 1. The van der Waals surface area contributed by atoms with Crippen LogP contribution in [0.4, 0.5) is 0 Å². The molecule has 0 unspecified atom stereocenters. The van der Waals surface area contributed by atoms with Crippen LogP contribution in [0.25, 0.3) is 5.69 Å². The second-order valence-electron chi connectivity index (χ2n) is 7.61. The molecule has 1 heterocycles. The van der Waals surface area contributed by atoms with Crippen molar-refractivity contribution < 1.29 is 14.0 Å². The summed E-state index contributed by atoms with van der Waals surface area (Å²) in [6, 6.07) is 8.08. The van der Waals surface area contributed by atoms with E-state index in [2.05, 4.69) is 51.0 Å². The van der Waals surface area contributed by atoms with Gasteiger partial charge in [-0.05, 0) is 42.8 Å². The largest absolute Gasteiger partial charge is 0.461 e. The zero-order valence-electron chi connectivity index (χ0n) is 16.0. The minimum absolute atomic E-state index is 0.184. The number of benzene rings is 1. The summed E-state index contributed by atoms with van der Waals surface area (Å²) in [6.45, 7) is 13.9. The molecule has 0 fully saturated rings. The van der Waals surface area contributed by atoms with Crippen molar-refractivity contribution in [1.29, 1.82) is 0 Å². The molecule has 0 saturated carbocycles. The minimum Gasteiger partial charge on any atom is -0.461 e. The van der Waals surface area contributed by atoms with Gasteiger partial charge in [0.05, 0.1) is 13.2 Å². The Balaban J connectivity index is 2.13. The number of aromatic nitrogens is 2. The Morgan fingerprint density at radius 1 is 1.28 bits per heavy atom. The molecule has 0 bridgehead atoms. The molecule has 0 radical (unpaired) electrons. The van der Waals surface area contributed by atoms with Gasteiger partial charge in [-0.15, -0.1) is 0 Å². The average Bonchev–Trinajstić information content (AvgIpc) is 3.03. The Kier molecular flexibility index (Phi) is 5.85. The van der Waals surface area contributed by atoms with Crippen molar-refractivity contribution in [2.24, 2.45) is 0 Å². The van der Waals surface area contributed by atoms with Gasteiger partial charge in [0.25, 0.3) is 0 Å². The molecule has 1 aromatic heterocycles. The number of nitrogens with zero attached hydrogens (tertiary/aromatic N) is 2. The monoisotopic (exact) mass is 360 g/mol. The Bertz CT molecular complexity index is 732. The van der Waals surface area contributed by atoms with E-state index in [9.17, 15) is 4.79 Å². The zero-order valence-corrected chi connectivity index (χ0v) is 17.0. The molecule has 6 heteroatoms. The summed E-state index contributed by atoms with van der Waals surface area (Å²) >= 11 is 0. The van der Waals surface area contributed by atoms with E-state index < -0.39 is 14.3 Å². The molecule has 1 aromatic carbocycles. The first-order chi connectivity index (χ1) is 11.6. The first-order valence-corrected chi connectivity index (χ1v) is 11.5. The van der Waals surface area contributed by atoms with E-state index in [0.717, 1.165) is 11.3 Å². The van der Waals surface area contributed by atoms with Crippen molar-refractivity contribution in [2.45, 2.75) is 52.4 Å². The molecule has 0 N–H and O–H groups in total. The molecular formula is C19H28N2O3Si. The number of carbonyl (C=O) groups excluding carboxylic acids is 1. The van der Waals surface area contributed by atoms with Crippen LogP contribution in [0.2, 0.25) is 18.1 Å². The topological polar surface area (TPSA) is 53.4 Å². The van der Waals surface area contributed by atoms with Crippen molar-refractivity contribution in [3.8, 4) is 5.69 Å². The van der Waals surface area contributed by atoms with Crippen LogP contribution in [0.1, 0.15) is 43.7 Å². The molecular weight excluding hydrogens is 332 g/mol. The Morgan fingerprint density at radius 2 is 2.00 bits per heavy atom. The summed E-state index contributed by atoms with van der Waals surface area (Å²) in [7, 11) is -1.78. The lowest BCUT2D eigenvalue weighted by atomic mass is 10.2. The second-order valence-corrected chi connectivity index (χ2v) is 12.4. The Labute approximate surface area is 151 Å². The quantitative estimate of drug-likeness (QED) is 0.559. The van der Waals surface area contributed by atoms with Gasteiger partial charge in [-0.25, -0.2) is 9.78 Å². The van der Waals surface area contributed by atoms with Gasteiger partial charge in [-0.3, -0.25) is 0 Å². The maximum Gasteiger partial charge on any atom is 0.358 e. The molecule has 0 atom stereocenters. The van der Waals surface area contributed by atoms with Gasteiger partial charge in [0, 0.05) is 11.9 Å². The summed E-state index contributed by atoms with van der Waals surface area (Å²) in [4.78, 5) is 15.9. The highest BCUT2D eigenvalue weighted by Gasteiger charge is 2.37. The van der Waals surface area contributed by atoms with E-state index in [1.807, 2.05) is 16.7 Å². The van der Waals surface area contributed by atoms with Crippen LogP contribution in [0.5, 0.6) is 0 Å².